The number of hydrogen-bond acceptors (Lipinski definition) is 4. The van der Waals surface area contributed by atoms with Gasteiger partial charge in [-0.3, -0.25) is 4.79 Å². The first kappa shape index (κ1) is 17.9. The molecule has 0 bridgehead atoms. The third-order valence-electron chi connectivity index (χ3n) is 5.85. The molecular formula is C22H22BrNO4. The number of amides is 1. The van der Waals surface area contributed by atoms with E-state index in [9.17, 15) is 4.79 Å². The Balaban J connectivity index is 1.66. The maximum atomic E-state index is 13.8. The second-order valence-electron chi connectivity index (χ2n) is 7.48. The van der Waals surface area contributed by atoms with Crippen LogP contribution in [0, 0.1) is 0 Å². The van der Waals surface area contributed by atoms with E-state index >= 15 is 0 Å². The largest absolute Gasteiger partial charge is 0.491 e. The van der Waals surface area contributed by atoms with Gasteiger partial charge in [0.05, 0.1) is 0 Å². The Bertz CT molecular complexity index is 960. The van der Waals surface area contributed by atoms with E-state index in [0.29, 0.717) is 37.1 Å². The van der Waals surface area contributed by atoms with Crippen molar-refractivity contribution in [1.82, 2.24) is 0 Å². The van der Waals surface area contributed by atoms with E-state index in [4.69, 9.17) is 14.2 Å². The van der Waals surface area contributed by atoms with Crippen molar-refractivity contribution in [2.24, 2.45) is 0 Å². The van der Waals surface area contributed by atoms with Crippen molar-refractivity contribution >= 4 is 27.5 Å². The van der Waals surface area contributed by atoms with Crippen LogP contribution in [-0.4, -0.2) is 32.3 Å². The summed E-state index contributed by atoms with van der Waals surface area (Å²) in [5.74, 6) is 2.15. The smallest absolute Gasteiger partial charge is 0.245 e. The van der Waals surface area contributed by atoms with Gasteiger partial charge in [-0.2, -0.15) is 0 Å². The number of fused-ring (bicyclic) bond motifs is 5. The SMILES string of the molecule is CCCCCN1C(=O)C2(COc3cc4c(cc32)OCCO4)c2c(Br)cccc21. The number of anilines is 1. The van der Waals surface area contributed by atoms with Gasteiger partial charge in [-0.1, -0.05) is 41.8 Å². The van der Waals surface area contributed by atoms with Crippen LogP contribution in [0.3, 0.4) is 0 Å². The predicted molar refractivity (Wildman–Crippen MR) is 110 cm³/mol. The first-order valence-electron chi connectivity index (χ1n) is 9.84. The average molecular weight is 444 g/mol. The number of rotatable bonds is 4. The Morgan fingerprint density at radius 1 is 1.07 bits per heavy atom. The second-order valence-corrected chi connectivity index (χ2v) is 8.34. The van der Waals surface area contributed by atoms with E-state index in [2.05, 4.69) is 22.9 Å². The van der Waals surface area contributed by atoms with Gasteiger partial charge in [0.1, 0.15) is 31.0 Å². The standard InChI is InChI=1S/C22H22BrNO4/c1-2-3-4-8-24-16-7-5-6-15(23)20(16)22(21(24)25)13-28-17-12-19-18(11-14(17)22)26-9-10-27-19/h5-7,11-12H,2-4,8-10,13H2,1H3. The molecule has 1 spiro atoms. The molecule has 6 heteroatoms. The number of unbranched alkanes of at least 4 members (excludes halogenated alkanes) is 2. The summed E-state index contributed by atoms with van der Waals surface area (Å²) in [4.78, 5) is 15.8. The topological polar surface area (TPSA) is 48.0 Å². The van der Waals surface area contributed by atoms with Gasteiger partial charge in [-0.05, 0) is 24.6 Å². The van der Waals surface area contributed by atoms with E-state index in [1.54, 1.807) is 0 Å². The summed E-state index contributed by atoms with van der Waals surface area (Å²) >= 11 is 3.71. The van der Waals surface area contributed by atoms with Gasteiger partial charge in [0.25, 0.3) is 0 Å². The Kier molecular flexibility index (Phi) is 4.27. The molecule has 1 atom stereocenters. The van der Waals surface area contributed by atoms with E-state index in [0.717, 1.165) is 47.1 Å². The predicted octanol–water partition coefficient (Wildman–Crippen LogP) is 4.44. The monoisotopic (exact) mass is 443 g/mol. The van der Waals surface area contributed by atoms with Gasteiger partial charge in [-0.25, -0.2) is 0 Å². The Morgan fingerprint density at radius 2 is 1.86 bits per heavy atom. The van der Waals surface area contributed by atoms with E-state index in [1.807, 2.05) is 35.2 Å². The second kappa shape index (κ2) is 6.69. The van der Waals surface area contributed by atoms with Gasteiger partial charge in [0.2, 0.25) is 5.91 Å². The Hall–Kier alpha value is -2.21. The van der Waals surface area contributed by atoms with Crippen LogP contribution in [0.25, 0.3) is 0 Å². The zero-order valence-corrected chi connectivity index (χ0v) is 17.4. The van der Waals surface area contributed by atoms with Crippen LogP contribution in [0.4, 0.5) is 5.69 Å². The first-order chi connectivity index (χ1) is 13.7. The molecule has 1 unspecified atom stereocenters. The number of ether oxygens (including phenoxy) is 3. The molecule has 3 aliphatic heterocycles. The molecule has 5 rings (SSSR count). The number of benzene rings is 2. The minimum absolute atomic E-state index is 0.0842. The summed E-state index contributed by atoms with van der Waals surface area (Å²) in [5.41, 5.74) is 1.99. The molecule has 3 heterocycles. The van der Waals surface area contributed by atoms with Crippen LogP contribution in [0.2, 0.25) is 0 Å². The lowest BCUT2D eigenvalue weighted by Gasteiger charge is -2.25. The lowest BCUT2D eigenvalue weighted by Crippen LogP contribution is -2.43. The highest BCUT2D eigenvalue weighted by Crippen LogP contribution is 2.56. The van der Waals surface area contributed by atoms with Gasteiger partial charge < -0.3 is 19.1 Å². The average Bonchev–Trinajstić information content (AvgIpc) is 3.19. The molecule has 0 aliphatic carbocycles. The van der Waals surface area contributed by atoms with Gasteiger partial charge >= 0.3 is 0 Å². The summed E-state index contributed by atoms with van der Waals surface area (Å²) in [7, 11) is 0. The molecule has 0 aromatic heterocycles. The first-order valence-corrected chi connectivity index (χ1v) is 10.6. The van der Waals surface area contributed by atoms with Crippen molar-refractivity contribution in [3.63, 3.8) is 0 Å². The van der Waals surface area contributed by atoms with E-state index in [1.165, 1.54) is 0 Å². The summed E-state index contributed by atoms with van der Waals surface area (Å²) in [6, 6.07) is 9.83. The quantitative estimate of drug-likeness (QED) is 0.655. The fourth-order valence-corrected chi connectivity index (χ4v) is 5.21. The van der Waals surface area contributed by atoms with Gasteiger partial charge in [0, 0.05) is 33.9 Å². The van der Waals surface area contributed by atoms with Crippen LogP contribution >= 0.6 is 15.9 Å². The molecule has 0 saturated carbocycles. The minimum atomic E-state index is -0.840. The number of halogens is 1. The highest BCUT2D eigenvalue weighted by atomic mass is 79.9. The summed E-state index contributed by atoms with van der Waals surface area (Å²) in [5, 5.41) is 0. The van der Waals surface area contributed by atoms with Crippen molar-refractivity contribution < 1.29 is 19.0 Å². The minimum Gasteiger partial charge on any atom is -0.491 e. The van der Waals surface area contributed by atoms with Crippen molar-refractivity contribution in [2.75, 3.05) is 31.3 Å². The van der Waals surface area contributed by atoms with E-state index in [-0.39, 0.29) is 5.91 Å². The lowest BCUT2D eigenvalue weighted by molar-refractivity contribution is -0.122. The molecule has 0 saturated heterocycles. The molecule has 0 fully saturated rings. The maximum Gasteiger partial charge on any atom is 0.245 e. The normalized spacial score (nSPS) is 21.6. The van der Waals surface area contributed by atoms with Gasteiger partial charge in [0.15, 0.2) is 11.5 Å². The number of carbonyl (C=O) groups excluding carboxylic acids is 1. The van der Waals surface area contributed by atoms with Crippen LogP contribution in [0.15, 0.2) is 34.8 Å². The zero-order valence-electron chi connectivity index (χ0n) is 15.8. The maximum absolute atomic E-state index is 13.8. The van der Waals surface area contributed by atoms with Crippen molar-refractivity contribution in [3.8, 4) is 17.2 Å². The highest BCUT2D eigenvalue weighted by molar-refractivity contribution is 9.10. The number of hydrogen-bond donors (Lipinski definition) is 0. The Labute approximate surface area is 172 Å². The number of nitrogens with zero attached hydrogens (tertiary/aromatic N) is 1. The number of carbonyl (C=O) groups is 1. The summed E-state index contributed by atoms with van der Waals surface area (Å²) < 4.78 is 18.5. The highest BCUT2D eigenvalue weighted by Gasteiger charge is 2.58. The summed E-state index contributed by atoms with van der Waals surface area (Å²) in [6.07, 6.45) is 3.21. The van der Waals surface area contributed by atoms with Crippen LogP contribution in [0.1, 0.15) is 37.3 Å². The molecule has 28 heavy (non-hydrogen) atoms. The van der Waals surface area contributed by atoms with Crippen molar-refractivity contribution in [2.45, 2.75) is 31.6 Å². The lowest BCUT2D eigenvalue weighted by atomic mass is 9.77. The molecule has 2 aromatic rings. The third-order valence-corrected chi connectivity index (χ3v) is 6.51. The Morgan fingerprint density at radius 3 is 2.64 bits per heavy atom. The third kappa shape index (κ3) is 2.40. The van der Waals surface area contributed by atoms with Crippen molar-refractivity contribution in [1.29, 1.82) is 0 Å². The molecule has 5 nitrogen and oxygen atoms in total. The zero-order chi connectivity index (χ0) is 19.3. The molecular weight excluding hydrogens is 422 g/mol. The molecule has 2 aromatic carbocycles. The van der Waals surface area contributed by atoms with Crippen LogP contribution < -0.4 is 19.1 Å². The molecule has 0 N–H and O–H groups in total. The molecule has 0 radical (unpaired) electrons. The summed E-state index contributed by atoms with van der Waals surface area (Å²) in [6.45, 7) is 4.22. The fourth-order valence-electron chi connectivity index (χ4n) is 4.52. The molecule has 1 amide bonds. The van der Waals surface area contributed by atoms with Crippen molar-refractivity contribution in [3.05, 3.63) is 45.9 Å². The van der Waals surface area contributed by atoms with Crippen LogP contribution in [0.5, 0.6) is 17.2 Å². The van der Waals surface area contributed by atoms with Gasteiger partial charge in [-0.15, -0.1) is 0 Å². The molecule has 3 aliphatic rings. The fraction of sp³-hybridized carbons (Fsp3) is 0.409. The molecule has 146 valence electrons. The van der Waals surface area contributed by atoms with E-state index < -0.39 is 5.41 Å². The van der Waals surface area contributed by atoms with Crippen LogP contribution in [-0.2, 0) is 10.2 Å².